The van der Waals surface area contributed by atoms with Gasteiger partial charge in [0, 0.05) is 6.61 Å². The molecule has 3 heteroatoms. The predicted molar refractivity (Wildman–Crippen MR) is 74.9 cm³/mol. The Labute approximate surface area is 117 Å². The first kappa shape index (κ1) is 14.8. The summed E-state index contributed by atoms with van der Waals surface area (Å²) >= 11 is 0. The molecule has 0 spiro atoms. The summed E-state index contributed by atoms with van der Waals surface area (Å²) in [6.07, 6.45) is 9.32. The lowest BCUT2D eigenvalue weighted by Crippen LogP contribution is -2.37. The summed E-state index contributed by atoms with van der Waals surface area (Å²) in [5.41, 5.74) is 0. The van der Waals surface area contributed by atoms with Gasteiger partial charge in [-0.15, -0.1) is 0 Å². The van der Waals surface area contributed by atoms with Gasteiger partial charge >= 0.3 is 5.97 Å². The largest absolute Gasteiger partial charge is 0.462 e. The van der Waals surface area contributed by atoms with Crippen LogP contribution in [-0.4, -0.2) is 24.8 Å². The van der Waals surface area contributed by atoms with E-state index in [4.69, 9.17) is 9.47 Å². The van der Waals surface area contributed by atoms with Crippen LogP contribution in [0, 0.1) is 11.8 Å². The molecule has 19 heavy (non-hydrogen) atoms. The van der Waals surface area contributed by atoms with Crippen LogP contribution in [0.15, 0.2) is 0 Å². The third-order valence-electron chi connectivity index (χ3n) is 4.69. The van der Waals surface area contributed by atoms with Gasteiger partial charge in [-0.3, -0.25) is 4.79 Å². The van der Waals surface area contributed by atoms with Crippen LogP contribution in [0.4, 0.5) is 0 Å². The quantitative estimate of drug-likeness (QED) is 0.713. The zero-order valence-electron chi connectivity index (χ0n) is 12.4. The van der Waals surface area contributed by atoms with Gasteiger partial charge in [0.1, 0.15) is 6.10 Å². The Morgan fingerprint density at radius 1 is 1.11 bits per heavy atom. The van der Waals surface area contributed by atoms with Gasteiger partial charge in [-0.2, -0.15) is 0 Å². The maximum atomic E-state index is 12.1. The van der Waals surface area contributed by atoms with Gasteiger partial charge < -0.3 is 9.47 Å². The molecule has 0 amide bonds. The van der Waals surface area contributed by atoms with Gasteiger partial charge in [0.15, 0.2) is 0 Å². The van der Waals surface area contributed by atoms with Crippen LogP contribution in [0.2, 0.25) is 0 Å². The number of rotatable bonds is 5. The Bertz CT molecular complexity index is 282. The van der Waals surface area contributed by atoms with E-state index in [1.54, 1.807) is 0 Å². The Hall–Kier alpha value is -0.570. The summed E-state index contributed by atoms with van der Waals surface area (Å²) in [5, 5.41) is 0. The molecule has 1 aliphatic carbocycles. The van der Waals surface area contributed by atoms with E-state index in [1.165, 1.54) is 0 Å². The Morgan fingerprint density at radius 2 is 1.84 bits per heavy atom. The summed E-state index contributed by atoms with van der Waals surface area (Å²) < 4.78 is 11.3. The number of cyclic esters (lactones) is 1. The second-order valence-electron chi connectivity index (χ2n) is 6.02. The number of esters is 1. The second kappa shape index (κ2) is 7.28. The average Bonchev–Trinajstić information content (AvgIpc) is 2.41. The molecule has 2 unspecified atom stereocenters. The molecule has 0 bridgehead atoms. The van der Waals surface area contributed by atoms with Crippen molar-refractivity contribution in [3.8, 4) is 0 Å². The zero-order chi connectivity index (χ0) is 13.7. The molecule has 1 aliphatic heterocycles. The van der Waals surface area contributed by atoms with Gasteiger partial charge in [0.25, 0.3) is 0 Å². The molecule has 0 aromatic heterocycles. The molecule has 2 aliphatic rings. The molecule has 0 aromatic carbocycles. The number of carbonyl (C=O) groups is 1. The van der Waals surface area contributed by atoms with Crippen molar-refractivity contribution in [1.29, 1.82) is 0 Å². The maximum Gasteiger partial charge on any atom is 0.309 e. The van der Waals surface area contributed by atoms with Gasteiger partial charge in [0.2, 0.25) is 0 Å². The van der Waals surface area contributed by atoms with Crippen LogP contribution in [0.3, 0.4) is 0 Å². The van der Waals surface area contributed by atoms with Crippen molar-refractivity contribution in [2.75, 3.05) is 6.61 Å². The van der Waals surface area contributed by atoms with E-state index in [0.717, 1.165) is 58.0 Å². The highest BCUT2D eigenvalue weighted by Crippen LogP contribution is 2.37. The molecule has 1 saturated heterocycles. The topological polar surface area (TPSA) is 35.5 Å². The molecule has 1 heterocycles. The first-order chi connectivity index (χ1) is 9.24. The van der Waals surface area contributed by atoms with E-state index in [9.17, 15) is 4.79 Å². The summed E-state index contributed by atoms with van der Waals surface area (Å²) in [6.45, 7) is 5.01. The van der Waals surface area contributed by atoms with Gasteiger partial charge in [0.05, 0.1) is 12.0 Å². The number of hydrogen-bond donors (Lipinski definition) is 0. The van der Waals surface area contributed by atoms with Crippen molar-refractivity contribution in [1.82, 2.24) is 0 Å². The van der Waals surface area contributed by atoms with Crippen LogP contribution in [0.25, 0.3) is 0 Å². The van der Waals surface area contributed by atoms with Crippen molar-refractivity contribution in [3.63, 3.8) is 0 Å². The Morgan fingerprint density at radius 3 is 2.42 bits per heavy atom. The van der Waals surface area contributed by atoms with Crippen LogP contribution >= 0.6 is 0 Å². The van der Waals surface area contributed by atoms with E-state index in [1.807, 2.05) is 0 Å². The normalized spacial score (nSPS) is 36.0. The minimum atomic E-state index is 0.0737. The molecule has 2 atom stereocenters. The highest BCUT2D eigenvalue weighted by Gasteiger charge is 2.37. The van der Waals surface area contributed by atoms with Crippen LogP contribution in [0.1, 0.15) is 65.2 Å². The van der Waals surface area contributed by atoms with Crippen LogP contribution in [-0.2, 0) is 14.3 Å². The van der Waals surface area contributed by atoms with Crippen LogP contribution < -0.4 is 0 Å². The molecule has 110 valence electrons. The first-order valence-corrected chi connectivity index (χ1v) is 8.06. The van der Waals surface area contributed by atoms with E-state index >= 15 is 0 Å². The fraction of sp³-hybridized carbons (Fsp3) is 0.938. The molecule has 2 rings (SSSR count). The Balaban J connectivity index is 1.79. The highest BCUT2D eigenvalue weighted by molar-refractivity contribution is 5.73. The van der Waals surface area contributed by atoms with Crippen molar-refractivity contribution >= 4 is 5.97 Å². The highest BCUT2D eigenvalue weighted by atomic mass is 16.5. The van der Waals surface area contributed by atoms with Gasteiger partial charge in [-0.1, -0.05) is 13.3 Å². The van der Waals surface area contributed by atoms with Crippen molar-refractivity contribution < 1.29 is 14.3 Å². The fourth-order valence-corrected chi connectivity index (χ4v) is 3.64. The summed E-state index contributed by atoms with van der Waals surface area (Å²) in [6, 6.07) is 0. The molecule has 0 aromatic rings. The minimum absolute atomic E-state index is 0.0737. The maximum absolute atomic E-state index is 12.1. The predicted octanol–water partition coefficient (Wildman–Crippen LogP) is 3.70. The first-order valence-electron chi connectivity index (χ1n) is 8.06. The van der Waals surface area contributed by atoms with Gasteiger partial charge in [-0.25, -0.2) is 0 Å². The summed E-state index contributed by atoms with van der Waals surface area (Å²) in [4.78, 5) is 12.1. The lowest BCUT2D eigenvalue weighted by molar-refractivity contribution is -0.164. The standard InChI is InChI=1S/C16H28O3/c1-3-5-14-10-11-15(16(17)19-14)12-6-8-13(9-7-12)18-4-2/h12-15H,3-11H2,1-2H3. The SMILES string of the molecule is CCCC1CCC(C2CCC(OCC)CC2)C(=O)O1. The van der Waals surface area contributed by atoms with Gasteiger partial charge in [-0.05, 0) is 57.8 Å². The van der Waals surface area contributed by atoms with E-state index in [0.29, 0.717) is 12.0 Å². The smallest absolute Gasteiger partial charge is 0.309 e. The molecular formula is C16H28O3. The number of ether oxygens (including phenoxy) is 2. The summed E-state index contributed by atoms with van der Waals surface area (Å²) in [5.74, 6) is 0.770. The van der Waals surface area contributed by atoms with Crippen molar-refractivity contribution in [2.45, 2.75) is 77.4 Å². The monoisotopic (exact) mass is 268 g/mol. The lowest BCUT2D eigenvalue weighted by atomic mass is 9.76. The number of hydrogen-bond acceptors (Lipinski definition) is 3. The second-order valence-corrected chi connectivity index (χ2v) is 6.02. The summed E-state index contributed by atoms with van der Waals surface area (Å²) in [7, 11) is 0. The van der Waals surface area contributed by atoms with E-state index in [2.05, 4.69) is 13.8 Å². The molecular weight excluding hydrogens is 240 g/mol. The van der Waals surface area contributed by atoms with Crippen LogP contribution in [0.5, 0.6) is 0 Å². The lowest BCUT2D eigenvalue weighted by Gasteiger charge is -2.36. The third-order valence-corrected chi connectivity index (χ3v) is 4.69. The minimum Gasteiger partial charge on any atom is -0.462 e. The third kappa shape index (κ3) is 3.95. The zero-order valence-corrected chi connectivity index (χ0v) is 12.4. The molecule has 3 nitrogen and oxygen atoms in total. The van der Waals surface area contributed by atoms with E-state index in [-0.39, 0.29) is 18.0 Å². The molecule has 0 N–H and O–H groups in total. The van der Waals surface area contributed by atoms with Crippen molar-refractivity contribution in [2.24, 2.45) is 11.8 Å². The molecule has 0 radical (unpaired) electrons. The van der Waals surface area contributed by atoms with Crippen molar-refractivity contribution in [3.05, 3.63) is 0 Å². The number of carbonyl (C=O) groups excluding carboxylic acids is 1. The Kier molecular flexibility index (Phi) is 5.68. The van der Waals surface area contributed by atoms with E-state index < -0.39 is 0 Å². The molecule has 2 fully saturated rings. The average molecular weight is 268 g/mol. The molecule has 1 saturated carbocycles. The fourth-order valence-electron chi connectivity index (χ4n) is 3.64.